The average Bonchev–Trinajstić information content (AvgIpc) is 3.00. The molecule has 0 unspecified atom stereocenters. The van der Waals surface area contributed by atoms with Gasteiger partial charge in [0.05, 0.1) is 23.4 Å². The van der Waals surface area contributed by atoms with Gasteiger partial charge in [-0.05, 0) is 17.9 Å². The molecule has 0 radical (unpaired) electrons. The van der Waals surface area contributed by atoms with Crippen molar-refractivity contribution in [3.05, 3.63) is 23.2 Å². The van der Waals surface area contributed by atoms with Crippen LogP contribution in [-0.4, -0.2) is 23.4 Å². The van der Waals surface area contributed by atoms with Crippen LogP contribution in [0.1, 0.15) is 19.0 Å². The van der Waals surface area contributed by atoms with E-state index in [1.54, 1.807) is 11.3 Å². The Hall–Kier alpha value is -1.82. The van der Waals surface area contributed by atoms with Crippen LogP contribution in [0, 0.1) is 0 Å². The zero-order valence-electron chi connectivity index (χ0n) is 10.3. The predicted molar refractivity (Wildman–Crippen MR) is 71.9 cm³/mol. The highest BCUT2D eigenvalue weighted by molar-refractivity contribution is 7.13. The maximum atomic E-state index is 11.4. The van der Waals surface area contributed by atoms with Crippen LogP contribution in [0.3, 0.4) is 0 Å². The van der Waals surface area contributed by atoms with Crippen molar-refractivity contribution >= 4 is 23.1 Å². The first-order valence-corrected chi connectivity index (χ1v) is 6.60. The van der Waals surface area contributed by atoms with E-state index in [2.05, 4.69) is 27.2 Å². The van der Waals surface area contributed by atoms with E-state index in [-0.39, 0.29) is 0 Å². The number of anilines is 1. The largest absolute Gasteiger partial charge is 0.453 e. The Labute approximate surface area is 109 Å². The van der Waals surface area contributed by atoms with Gasteiger partial charge < -0.3 is 4.74 Å². The van der Waals surface area contributed by atoms with E-state index in [9.17, 15) is 4.79 Å². The summed E-state index contributed by atoms with van der Waals surface area (Å²) in [5.74, 6) is 0. The number of thiophene rings is 1. The highest BCUT2D eigenvalue weighted by Crippen LogP contribution is 2.32. The normalized spacial score (nSPS) is 10.3. The van der Waals surface area contributed by atoms with Crippen molar-refractivity contribution in [2.45, 2.75) is 19.8 Å². The minimum atomic E-state index is -0.480. The third-order valence-corrected chi connectivity index (χ3v) is 3.38. The van der Waals surface area contributed by atoms with Crippen molar-refractivity contribution < 1.29 is 9.53 Å². The van der Waals surface area contributed by atoms with E-state index >= 15 is 0 Å². The number of aromatic nitrogens is 2. The van der Waals surface area contributed by atoms with Gasteiger partial charge in [-0.15, -0.1) is 11.3 Å². The molecular weight excluding hydrogens is 250 g/mol. The first-order chi connectivity index (χ1) is 8.76. The molecule has 2 heterocycles. The van der Waals surface area contributed by atoms with Crippen LogP contribution in [0.4, 0.5) is 10.5 Å². The van der Waals surface area contributed by atoms with Crippen LogP contribution in [0.15, 0.2) is 17.5 Å². The lowest BCUT2D eigenvalue weighted by atomic mass is 10.2. The number of hydrogen-bond acceptors (Lipinski definition) is 4. The number of ether oxygens (including phenoxy) is 1. The second-order valence-electron chi connectivity index (χ2n) is 3.77. The predicted octanol–water partition coefficient (Wildman–Crippen LogP) is 3.27. The van der Waals surface area contributed by atoms with E-state index in [4.69, 9.17) is 0 Å². The van der Waals surface area contributed by atoms with Crippen molar-refractivity contribution in [2.24, 2.45) is 0 Å². The summed E-state index contributed by atoms with van der Waals surface area (Å²) < 4.78 is 4.64. The Kier molecular flexibility index (Phi) is 3.99. The molecule has 2 aromatic rings. The number of nitrogens with one attached hydrogen (secondary N) is 2. The fourth-order valence-electron chi connectivity index (χ4n) is 1.69. The minimum Gasteiger partial charge on any atom is -0.453 e. The van der Waals surface area contributed by atoms with Gasteiger partial charge in [0.2, 0.25) is 0 Å². The first kappa shape index (κ1) is 12.6. The monoisotopic (exact) mass is 265 g/mol. The molecule has 0 spiro atoms. The van der Waals surface area contributed by atoms with Crippen molar-refractivity contribution in [3.8, 4) is 10.6 Å². The van der Waals surface area contributed by atoms with Gasteiger partial charge in [-0.25, -0.2) is 4.79 Å². The zero-order valence-corrected chi connectivity index (χ0v) is 11.1. The maximum absolute atomic E-state index is 11.4. The quantitative estimate of drug-likeness (QED) is 0.891. The number of H-pyrrole nitrogens is 1. The number of rotatable bonds is 4. The Morgan fingerprint density at radius 2 is 2.44 bits per heavy atom. The molecule has 1 amide bonds. The molecule has 2 N–H and O–H groups in total. The molecule has 96 valence electrons. The number of methoxy groups -OCH3 is 1. The minimum absolute atomic E-state index is 0.480. The number of carbonyl (C=O) groups excluding carboxylic acids is 1. The fraction of sp³-hybridized carbons (Fsp3) is 0.333. The van der Waals surface area contributed by atoms with Gasteiger partial charge in [-0.2, -0.15) is 5.10 Å². The Morgan fingerprint density at radius 3 is 3.06 bits per heavy atom. The van der Waals surface area contributed by atoms with Crippen molar-refractivity contribution in [2.75, 3.05) is 12.4 Å². The van der Waals surface area contributed by atoms with E-state index in [1.807, 2.05) is 17.5 Å². The van der Waals surface area contributed by atoms with Gasteiger partial charge in [-0.3, -0.25) is 10.4 Å². The van der Waals surface area contributed by atoms with Gasteiger partial charge in [0.15, 0.2) is 0 Å². The molecule has 18 heavy (non-hydrogen) atoms. The molecule has 2 rings (SSSR count). The molecule has 0 aliphatic carbocycles. The molecule has 0 fully saturated rings. The van der Waals surface area contributed by atoms with Crippen LogP contribution in [-0.2, 0) is 11.2 Å². The Balaban J connectivity index is 2.37. The second-order valence-corrected chi connectivity index (χ2v) is 4.72. The first-order valence-electron chi connectivity index (χ1n) is 5.72. The van der Waals surface area contributed by atoms with Crippen LogP contribution in [0.5, 0.6) is 0 Å². The molecule has 0 bridgehead atoms. The van der Waals surface area contributed by atoms with Gasteiger partial charge in [-0.1, -0.05) is 19.4 Å². The lowest BCUT2D eigenvalue weighted by Crippen LogP contribution is -2.12. The molecule has 0 saturated carbocycles. The van der Waals surface area contributed by atoms with Gasteiger partial charge >= 0.3 is 6.09 Å². The van der Waals surface area contributed by atoms with Gasteiger partial charge in [0.1, 0.15) is 5.69 Å². The van der Waals surface area contributed by atoms with Crippen LogP contribution >= 0.6 is 11.3 Å². The van der Waals surface area contributed by atoms with E-state index in [1.165, 1.54) is 7.11 Å². The van der Waals surface area contributed by atoms with Crippen LogP contribution in [0.25, 0.3) is 10.6 Å². The fourth-order valence-corrected chi connectivity index (χ4v) is 2.41. The number of carbonyl (C=O) groups is 1. The van der Waals surface area contributed by atoms with Crippen molar-refractivity contribution in [1.29, 1.82) is 0 Å². The smallest absolute Gasteiger partial charge is 0.411 e. The van der Waals surface area contributed by atoms with E-state index in [0.717, 1.165) is 29.1 Å². The summed E-state index contributed by atoms with van der Waals surface area (Å²) in [6.07, 6.45) is 1.33. The lowest BCUT2D eigenvalue weighted by molar-refractivity contribution is 0.187. The maximum Gasteiger partial charge on any atom is 0.411 e. The SMILES string of the molecule is CCCc1[nH]nc(-c2cccs2)c1NC(=O)OC. The van der Waals surface area contributed by atoms with E-state index < -0.39 is 6.09 Å². The standard InChI is InChI=1S/C12H15N3O2S/c1-3-5-8-10(13-12(16)17-2)11(15-14-8)9-6-4-7-18-9/h4,6-7H,3,5H2,1-2H3,(H,13,16)(H,14,15). The summed E-state index contributed by atoms with van der Waals surface area (Å²) >= 11 is 1.58. The molecule has 0 saturated heterocycles. The number of aryl methyl sites for hydroxylation is 1. The van der Waals surface area contributed by atoms with Gasteiger partial charge in [0, 0.05) is 0 Å². The Morgan fingerprint density at radius 1 is 1.61 bits per heavy atom. The highest BCUT2D eigenvalue weighted by Gasteiger charge is 2.17. The molecule has 0 aromatic carbocycles. The second kappa shape index (κ2) is 5.68. The zero-order chi connectivity index (χ0) is 13.0. The number of amides is 1. The van der Waals surface area contributed by atoms with Gasteiger partial charge in [0.25, 0.3) is 0 Å². The molecule has 5 nitrogen and oxygen atoms in total. The van der Waals surface area contributed by atoms with E-state index in [0.29, 0.717) is 5.69 Å². The number of aromatic amines is 1. The molecular formula is C12H15N3O2S. The number of nitrogens with zero attached hydrogens (tertiary/aromatic N) is 1. The molecule has 2 aromatic heterocycles. The van der Waals surface area contributed by atoms with Crippen molar-refractivity contribution in [1.82, 2.24) is 10.2 Å². The summed E-state index contributed by atoms with van der Waals surface area (Å²) in [4.78, 5) is 12.4. The third-order valence-electron chi connectivity index (χ3n) is 2.51. The summed E-state index contributed by atoms with van der Waals surface area (Å²) in [6.45, 7) is 2.08. The molecule has 0 aliphatic rings. The van der Waals surface area contributed by atoms with Crippen LogP contribution < -0.4 is 5.32 Å². The van der Waals surface area contributed by atoms with Crippen LogP contribution in [0.2, 0.25) is 0 Å². The number of hydrogen-bond donors (Lipinski definition) is 2. The highest BCUT2D eigenvalue weighted by atomic mass is 32.1. The topological polar surface area (TPSA) is 67.0 Å². The summed E-state index contributed by atoms with van der Waals surface area (Å²) in [5.41, 5.74) is 2.40. The average molecular weight is 265 g/mol. The molecule has 6 heteroatoms. The lowest BCUT2D eigenvalue weighted by Gasteiger charge is -2.05. The van der Waals surface area contributed by atoms with Crippen molar-refractivity contribution in [3.63, 3.8) is 0 Å². The summed E-state index contributed by atoms with van der Waals surface area (Å²) in [5, 5.41) is 12.0. The summed E-state index contributed by atoms with van der Waals surface area (Å²) in [6, 6.07) is 3.93. The third kappa shape index (κ3) is 2.53. The molecule has 0 aliphatic heterocycles. The molecule has 0 atom stereocenters. The Bertz CT molecular complexity index is 519. The summed E-state index contributed by atoms with van der Waals surface area (Å²) in [7, 11) is 1.35.